The van der Waals surface area contributed by atoms with E-state index in [0.717, 1.165) is 26.6 Å². The van der Waals surface area contributed by atoms with E-state index in [1.807, 2.05) is 31.2 Å². The zero-order chi connectivity index (χ0) is 17.3. The van der Waals surface area contributed by atoms with Gasteiger partial charge in [-0.1, -0.05) is 12.1 Å². The van der Waals surface area contributed by atoms with Crippen molar-refractivity contribution in [3.05, 3.63) is 45.8 Å². The van der Waals surface area contributed by atoms with Gasteiger partial charge in [-0.2, -0.15) is 0 Å². The van der Waals surface area contributed by atoms with Gasteiger partial charge in [0, 0.05) is 23.4 Å². The van der Waals surface area contributed by atoms with Crippen LogP contribution in [0.15, 0.2) is 35.4 Å². The lowest BCUT2D eigenvalue weighted by molar-refractivity contribution is -0.117. The van der Waals surface area contributed by atoms with Crippen molar-refractivity contribution < 1.29 is 9.53 Å². The Morgan fingerprint density at radius 3 is 2.88 bits per heavy atom. The first-order chi connectivity index (χ1) is 11.5. The van der Waals surface area contributed by atoms with E-state index in [4.69, 9.17) is 4.74 Å². The van der Waals surface area contributed by atoms with Gasteiger partial charge in [0.1, 0.15) is 16.4 Å². The van der Waals surface area contributed by atoms with Crippen molar-refractivity contribution in [2.24, 2.45) is 0 Å². The van der Waals surface area contributed by atoms with Gasteiger partial charge in [-0.05, 0) is 31.5 Å². The predicted molar refractivity (Wildman–Crippen MR) is 95.9 cm³/mol. The van der Waals surface area contributed by atoms with Gasteiger partial charge >= 0.3 is 0 Å². The Balaban J connectivity index is 2.20. The summed E-state index contributed by atoms with van der Waals surface area (Å²) < 4.78 is 6.80. The van der Waals surface area contributed by atoms with E-state index in [9.17, 15) is 9.59 Å². The Bertz CT molecular complexity index is 972. The van der Waals surface area contributed by atoms with Crippen molar-refractivity contribution in [2.45, 2.75) is 26.8 Å². The summed E-state index contributed by atoms with van der Waals surface area (Å²) >= 11 is 1.50. The number of aromatic nitrogens is 2. The molecular weight excluding hydrogens is 324 g/mol. The van der Waals surface area contributed by atoms with Gasteiger partial charge in [-0.25, -0.2) is 4.98 Å². The Kier molecular flexibility index (Phi) is 4.49. The predicted octanol–water partition coefficient (Wildman–Crippen LogP) is 3.42. The normalized spacial score (nSPS) is 11.0. The van der Waals surface area contributed by atoms with Crippen molar-refractivity contribution in [3.8, 4) is 16.9 Å². The molecule has 0 saturated carbocycles. The number of hydrogen-bond acceptors (Lipinski definition) is 5. The smallest absolute Gasteiger partial charge is 0.262 e. The minimum atomic E-state index is -0.108. The van der Waals surface area contributed by atoms with E-state index in [0.29, 0.717) is 18.4 Å². The molecule has 0 unspecified atom stereocenters. The molecule has 3 aromatic rings. The van der Waals surface area contributed by atoms with Crippen molar-refractivity contribution in [1.82, 2.24) is 9.55 Å². The van der Waals surface area contributed by atoms with Crippen molar-refractivity contribution in [3.63, 3.8) is 0 Å². The summed E-state index contributed by atoms with van der Waals surface area (Å²) in [5.74, 6) is 0.795. The third-order valence-electron chi connectivity index (χ3n) is 3.92. The zero-order valence-electron chi connectivity index (χ0n) is 13.8. The molecule has 0 aliphatic rings. The summed E-state index contributed by atoms with van der Waals surface area (Å²) in [5.41, 5.74) is 1.72. The number of fused-ring (bicyclic) bond motifs is 1. The molecule has 0 bridgehead atoms. The first-order valence-corrected chi connectivity index (χ1v) is 8.45. The molecule has 1 aromatic carbocycles. The third-order valence-corrected chi connectivity index (χ3v) is 4.93. The maximum absolute atomic E-state index is 12.9. The lowest BCUT2D eigenvalue weighted by atomic mass is 10.0. The van der Waals surface area contributed by atoms with E-state index in [-0.39, 0.29) is 11.3 Å². The molecule has 0 atom stereocenters. The van der Waals surface area contributed by atoms with Gasteiger partial charge < -0.3 is 4.74 Å². The number of benzene rings is 1. The third kappa shape index (κ3) is 2.97. The highest BCUT2D eigenvalue weighted by molar-refractivity contribution is 7.19. The molecule has 0 amide bonds. The molecule has 0 N–H and O–H groups in total. The molecule has 0 saturated heterocycles. The molecule has 3 rings (SSSR count). The van der Waals surface area contributed by atoms with Crippen molar-refractivity contribution in [2.75, 3.05) is 7.11 Å². The second-order valence-electron chi connectivity index (χ2n) is 5.64. The maximum atomic E-state index is 12.9. The van der Waals surface area contributed by atoms with Gasteiger partial charge in [-0.15, -0.1) is 11.3 Å². The number of aryl methyl sites for hydroxylation is 2. The second kappa shape index (κ2) is 6.57. The lowest BCUT2D eigenvalue weighted by Gasteiger charge is -2.07. The van der Waals surface area contributed by atoms with Crippen LogP contribution in [-0.4, -0.2) is 22.4 Å². The number of ketones is 1. The number of nitrogens with zero attached hydrogens (tertiary/aromatic N) is 2. The summed E-state index contributed by atoms with van der Waals surface area (Å²) in [5, 5.41) is 0.608. The number of thiophene rings is 1. The lowest BCUT2D eigenvalue weighted by Crippen LogP contribution is -2.21. The molecule has 0 radical (unpaired) electrons. The maximum Gasteiger partial charge on any atom is 0.262 e. The fourth-order valence-corrected chi connectivity index (χ4v) is 3.70. The summed E-state index contributed by atoms with van der Waals surface area (Å²) in [7, 11) is 1.62. The van der Waals surface area contributed by atoms with Crippen molar-refractivity contribution in [1.29, 1.82) is 0 Å². The fraction of sp³-hybridized carbons (Fsp3) is 0.278. The largest absolute Gasteiger partial charge is 0.497 e. The van der Waals surface area contributed by atoms with E-state index in [2.05, 4.69) is 4.98 Å². The Hall–Kier alpha value is -2.47. The number of methoxy groups -OCH3 is 1. The van der Waals surface area contributed by atoms with Gasteiger partial charge in [0.2, 0.25) is 0 Å². The molecule has 2 heterocycles. The van der Waals surface area contributed by atoms with Crippen LogP contribution in [0.4, 0.5) is 0 Å². The van der Waals surface area contributed by atoms with Crippen molar-refractivity contribution >= 4 is 27.3 Å². The quantitative estimate of drug-likeness (QED) is 0.713. The summed E-state index contributed by atoms with van der Waals surface area (Å²) in [6, 6.07) is 7.66. The molecule has 0 aliphatic heterocycles. The summed E-state index contributed by atoms with van der Waals surface area (Å²) in [6.07, 6.45) is 1.85. The molecule has 24 heavy (non-hydrogen) atoms. The van der Waals surface area contributed by atoms with Crippen LogP contribution in [-0.2, 0) is 11.3 Å². The van der Waals surface area contributed by atoms with Crippen LogP contribution in [0.5, 0.6) is 5.75 Å². The standard InChI is InChI=1S/C18H18N2O3S/c1-11(21)7-8-20-10-19-17-16(18(20)22)15(12(2)24-17)13-5-4-6-14(9-13)23-3/h4-6,9-10H,7-8H2,1-3H3. The fourth-order valence-electron chi connectivity index (χ4n) is 2.70. The molecule has 0 aliphatic carbocycles. The van der Waals surface area contributed by atoms with E-state index in [1.54, 1.807) is 7.11 Å². The van der Waals surface area contributed by atoms with E-state index >= 15 is 0 Å². The molecule has 5 nitrogen and oxygen atoms in total. The average molecular weight is 342 g/mol. The molecule has 6 heteroatoms. The highest BCUT2D eigenvalue weighted by atomic mass is 32.1. The van der Waals surface area contributed by atoms with Gasteiger partial charge in [0.25, 0.3) is 5.56 Å². The Morgan fingerprint density at radius 2 is 2.17 bits per heavy atom. The van der Waals surface area contributed by atoms with Crippen LogP contribution in [0, 0.1) is 6.92 Å². The Morgan fingerprint density at radius 1 is 1.38 bits per heavy atom. The van der Waals surface area contributed by atoms with Gasteiger partial charge in [0.15, 0.2) is 0 Å². The number of hydrogen-bond donors (Lipinski definition) is 0. The van der Waals surface area contributed by atoms with Crippen LogP contribution < -0.4 is 10.3 Å². The Labute approximate surface area is 143 Å². The number of ether oxygens (including phenoxy) is 1. The highest BCUT2D eigenvalue weighted by Gasteiger charge is 2.17. The second-order valence-corrected chi connectivity index (χ2v) is 6.84. The number of rotatable bonds is 5. The zero-order valence-corrected chi connectivity index (χ0v) is 14.6. The molecule has 0 spiro atoms. The monoisotopic (exact) mass is 342 g/mol. The molecule has 124 valence electrons. The van der Waals surface area contributed by atoms with Gasteiger partial charge in [0.05, 0.1) is 18.8 Å². The van der Waals surface area contributed by atoms with E-state index < -0.39 is 0 Å². The number of carbonyl (C=O) groups excluding carboxylic acids is 1. The number of carbonyl (C=O) groups is 1. The van der Waals surface area contributed by atoms with Crippen LogP contribution in [0.3, 0.4) is 0 Å². The average Bonchev–Trinajstić information content (AvgIpc) is 2.91. The highest BCUT2D eigenvalue weighted by Crippen LogP contribution is 2.36. The van der Waals surface area contributed by atoms with Crippen LogP contribution >= 0.6 is 11.3 Å². The topological polar surface area (TPSA) is 61.2 Å². The summed E-state index contributed by atoms with van der Waals surface area (Å²) in [6.45, 7) is 3.86. The van der Waals surface area contributed by atoms with Crippen LogP contribution in [0.2, 0.25) is 0 Å². The SMILES string of the molecule is COc1cccc(-c2c(C)sc3ncn(CCC(C)=O)c(=O)c23)c1. The minimum Gasteiger partial charge on any atom is -0.497 e. The van der Waals surface area contributed by atoms with Crippen LogP contribution in [0.1, 0.15) is 18.2 Å². The molecule has 2 aromatic heterocycles. The minimum absolute atomic E-state index is 0.0523. The van der Waals surface area contributed by atoms with E-state index in [1.165, 1.54) is 29.2 Å². The first-order valence-electron chi connectivity index (χ1n) is 7.63. The molecular formula is C18H18N2O3S. The molecule has 0 fully saturated rings. The first kappa shape index (κ1) is 16.4. The van der Waals surface area contributed by atoms with Gasteiger partial charge in [-0.3, -0.25) is 14.2 Å². The number of Topliss-reactive ketones (excluding diaryl/α,β-unsaturated/α-hetero) is 1. The van der Waals surface area contributed by atoms with Crippen LogP contribution in [0.25, 0.3) is 21.3 Å². The summed E-state index contributed by atoms with van der Waals surface area (Å²) in [4.78, 5) is 30.3.